The lowest BCUT2D eigenvalue weighted by molar-refractivity contribution is 0.614. The van der Waals surface area contributed by atoms with E-state index in [2.05, 4.69) is 20.3 Å². The van der Waals surface area contributed by atoms with Crippen LogP contribution in [0, 0.1) is 11.6 Å². The van der Waals surface area contributed by atoms with Gasteiger partial charge in [0.15, 0.2) is 0 Å². The molecule has 1 aliphatic carbocycles. The van der Waals surface area contributed by atoms with Gasteiger partial charge in [-0.1, -0.05) is 29.3 Å². The van der Waals surface area contributed by atoms with E-state index in [1.165, 1.54) is 18.2 Å². The van der Waals surface area contributed by atoms with E-state index >= 15 is 0 Å². The van der Waals surface area contributed by atoms with Crippen LogP contribution in [0.5, 0.6) is 0 Å². The number of hydrogen-bond acceptors (Lipinski definition) is 3. The molecule has 0 fully saturated rings. The third kappa shape index (κ3) is 4.39. The third-order valence-corrected chi connectivity index (χ3v) is 5.63. The lowest BCUT2D eigenvalue weighted by atomic mass is 10.1. The Kier molecular flexibility index (Phi) is 5.76. The third-order valence-electron chi connectivity index (χ3n) is 4.55. The number of nitrogens with zero attached hydrogens (tertiary/aromatic N) is 2. The number of alkyl halides is 1. The fourth-order valence-electron chi connectivity index (χ4n) is 3.04. The Labute approximate surface area is 180 Å². The molecule has 2 aromatic carbocycles. The number of H-pyrrole nitrogens is 1. The highest BCUT2D eigenvalue weighted by Crippen LogP contribution is 2.27. The molecule has 150 valence electrons. The van der Waals surface area contributed by atoms with E-state index in [-0.39, 0.29) is 16.9 Å². The number of aromatic nitrogens is 2. The Balaban J connectivity index is 1.59. The predicted molar refractivity (Wildman–Crippen MR) is 115 cm³/mol. The molecule has 0 amide bonds. The molecule has 0 saturated heterocycles. The van der Waals surface area contributed by atoms with E-state index in [0.29, 0.717) is 39.0 Å². The fourth-order valence-corrected chi connectivity index (χ4v) is 3.79. The van der Waals surface area contributed by atoms with Crippen molar-refractivity contribution in [2.24, 2.45) is 4.99 Å². The van der Waals surface area contributed by atoms with Gasteiger partial charge in [0, 0.05) is 23.9 Å². The molecule has 1 aliphatic rings. The maximum Gasteiger partial charge on any atom is 0.228 e. The lowest BCUT2D eigenvalue weighted by Gasteiger charge is -2.15. The Bertz CT molecular complexity index is 1140. The van der Waals surface area contributed by atoms with Crippen LogP contribution >= 0.6 is 34.8 Å². The summed E-state index contributed by atoms with van der Waals surface area (Å²) in [5.74, 6) is -0.674. The first-order valence-corrected chi connectivity index (χ1v) is 10.1. The van der Waals surface area contributed by atoms with Gasteiger partial charge in [-0.25, -0.2) is 18.8 Å². The van der Waals surface area contributed by atoms with Gasteiger partial charge in [-0.15, -0.1) is 11.6 Å². The predicted octanol–water partition coefficient (Wildman–Crippen LogP) is 6.70. The average Bonchev–Trinajstić information content (AvgIpc) is 3.07. The number of benzene rings is 2. The first kappa shape index (κ1) is 20.1. The lowest BCUT2D eigenvalue weighted by Crippen LogP contribution is -2.18. The number of imidazole rings is 1. The second-order valence-corrected chi connectivity index (χ2v) is 7.94. The number of hydrogen-bond donors (Lipinski definition) is 2. The van der Waals surface area contributed by atoms with Crippen molar-refractivity contribution in [3.05, 3.63) is 63.7 Å². The van der Waals surface area contributed by atoms with Gasteiger partial charge in [0.1, 0.15) is 11.6 Å². The van der Waals surface area contributed by atoms with E-state index in [9.17, 15) is 8.78 Å². The van der Waals surface area contributed by atoms with Gasteiger partial charge in [-0.3, -0.25) is 0 Å². The molecule has 2 N–H and O–H groups in total. The molecule has 1 unspecified atom stereocenters. The molecular weight excluding hydrogens is 441 g/mol. The zero-order chi connectivity index (χ0) is 20.5. The molecule has 29 heavy (non-hydrogen) atoms. The number of halogens is 5. The van der Waals surface area contributed by atoms with Crippen molar-refractivity contribution in [2.75, 3.05) is 5.32 Å². The van der Waals surface area contributed by atoms with E-state index in [0.717, 1.165) is 12.8 Å². The Morgan fingerprint density at radius 3 is 2.76 bits per heavy atom. The summed E-state index contributed by atoms with van der Waals surface area (Å²) in [6.07, 6.45) is 3.41. The molecule has 0 aliphatic heterocycles. The minimum atomic E-state index is -0.544. The molecule has 1 heterocycles. The van der Waals surface area contributed by atoms with Crippen LogP contribution in [0.1, 0.15) is 18.4 Å². The zero-order valence-corrected chi connectivity index (χ0v) is 17.2. The highest BCUT2D eigenvalue weighted by Gasteiger charge is 2.21. The van der Waals surface area contributed by atoms with Crippen molar-refractivity contribution in [1.82, 2.24) is 9.97 Å². The number of aliphatic imine (C=N–C) groups is 1. The second-order valence-electron chi connectivity index (χ2n) is 6.60. The van der Waals surface area contributed by atoms with Crippen LogP contribution in [0.15, 0.2) is 46.4 Å². The van der Waals surface area contributed by atoms with Gasteiger partial charge in [0.2, 0.25) is 5.95 Å². The fraction of sp³-hybridized carbons (Fsp3) is 0.200. The molecule has 0 radical (unpaired) electrons. The van der Waals surface area contributed by atoms with Crippen molar-refractivity contribution in [1.29, 1.82) is 0 Å². The van der Waals surface area contributed by atoms with Crippen LogP contribution in [0.2, 0.25) is 5.02 Å². The van der Waals surface area contributed by atoms with Crippen LogP contribution in [0.25, 0.3) is 11.0 Å². The largest absolute Gasteiger partial charge is 0.381 e. The summed E-state index contributed by atoms with van der Waals surface area (Å²) >= 11 is 18.2. The van der Waals surface area contributed by atoms with Crippen molar-refractivity contribution in [3.8, 4) is 0 Å². The molecule has 0 bridgehead atoms. The molecule has 0 spiro atoms. The van der Waals surface area contributed by atoms with Crippen molar-refractivity contribution < 1.29 is 8.78 Å². The van der Waals surface area contributed by atoms with Gasteiger partial charge in [-0.2, -0.15) is 0 Å². The standard InChI is InChI=1S/C20H15Cl3F2N4/c21-12-5-4-11(7-16(12)25)26-9-10-6-17-18(8-15(10)24)28-20(27-17)29-19-13(22)2-1-3-14(19)23/h2,4-8,14,26H,1,3,9H2,(H,27,28). The quantitative estimate of drug-likeness (QED) is 0.430. The van der Waals surface area contributed by atoms with Gasteiger partial charge < -0.3 is 10.3 Å². The summed E-state index contributed by atoms with van der Waals surface area (Å²) in [6, 6.07) is 7.28. The first-order chi connectivity index (χ1) is 13.9. The smallest absolute Gasteiger partial charge is 0.228 e. The molecule has 4 rings (SSSR count). The maximum absolute atomic E-state index is 14.5. The highest BCUT2D eigenvalue weighted by atomic mass is 35.5. The van der Waals surface area contributed by atoms with Crippen molar-refractivity contribution in [3.63, 3.8) is 0 Å². The van der Waals surface area contributed by atoms with E-state index < -0.39 is 11.6 Å². The van der Waals surface area contributed by atoms with Gasteiger partial charge in [-0.05, 0) is 37.1 Å². The summed E-state index contributed by atoms with van der Waals surface area (Å²) in [4.78, 5) is 11.8. The molecule has 4 nitrogen and oxygen atoms in total. The number of aromatic amines is 1. The topological polar surface area (TPSA) is 53.1 Å². The molecular formula is C20H15Cl3F2N4. The van der Waals surface area contributed by atoms with Gasteiger partial charge in [0.05, 0.1) is 32.2 Å². The SMILES string of the molecule is Fc1cc(NCc2cc3[nH]c(N=C4C(Cl)=CCCC4Cl)nc3cc2F)ccc1Cl. The summed E-state index contributed by atoms with van der Waals surface area (Å²) in [5.41, 5.74) is 2.49. The number of fused-ring (bicyclic) bond motifs is 1. The van der Waals surface area contributed by atoms with E-state index in [4.69, 9.17) is 34.8 Å². The molecule has 0 saturated carbocycles. The molecule has 1 aromatic heterocycles. The van der Waals surface area contributed by atoms with Crippen LogP contribution in [-0.4, -0.2) is 21.1 Å². The number of allylic oxidation sites excluding steroid dienone is 2. The van der Waals surface area contributed by atoms with Crippen LogP contribution in [0.4, 0.5) is 20.4 Å². The summed E-state index contributed by atoms with van der Waals surface area (Å²) in [6.45, 7) is 0.157. The first-order valence-electron chi connectivity index (χ1n) is 8.86. The van der Waals surface area contributed by atoms with E-state index in [1.807, 2.05) is 6.08 Å². The van der Waals surface area contributed by atoms with Crippen LogP contribution < -0.4 is 5.32 Å². The molecule has 9 heteroatoms. The summed E-state index contributed by atoms with van der Waals surface area (Å²) < 4.78 is 28.0. The second kappa shape index (κ2) is 8.30. The maximum atomic E-state index is 14.5. The van der Waals surface area contributed by atoms with Gasteiger partial charge in [0.25, 0.3) is 0 Å². The molecule has 3 aromatic rings. The number of anilines is 1. The monoisotopic (exact) mass is 454 g/mol. The summed E-state index contributed by atoms with van der Waals surface area (Å²) in [7, 11) is 0. The van der Waals surface area contributed by atoms with Gasteiger partial charge >= 0.3 is 0 Å². The van der Waals surface area contributed by atoms with E-state index in [1.54, 1.807) is 12.1 Å². The van der Waals surface area contributed by atoms with Crippen LogP contribution in [-0.2, 0) is 6.54 Å². The van der Waals surface area contributed by atoms with Crippen molar-refractivity contribution in [2.45, 2.75) is 24.8 Å². The summed E-state index contributed by atoms with van der Waals surface area (Å²) in [5, 5.41) is 3.21. The number of nitrogens with one attached hydrogen (secondary N) is 2. The zero-order valence-electron chi connectivity index (χ0n) is 14.9. The normalized spacial score (nSPS) is 18.3. The Morgan fingerprint density at radius 1 is 1.17 bits per heavy atom. The minimum Gasteiger partial charge on any atom is -0.381 e. The average molecular weight is 456 g/mol. The molecule has 1 atom stereocenters. The Hall–Kier alpha value is -2.15. The highest BCUT2D eigenvalue weighted by molar-refractivity contribution is 6.50. The minimum absolute atomic E-state index is 0.0295. The van der Waals surface area contributed by atoms with Crippen LogP contribution in [0.3, 0.4) is 0 Å². The Morgan fingerprint density at radius 2 is 2.00 bits per heavy atom. The number of rotatable bonds is 4. The van der Waals surface area contributed by atoms with Crippen molar-refractivity contribution >= 4 is 63.2 Å².